The van der Waals surface area contributed by atoms with Gasteiger partial charge >= 0.3 is 0 Å². The number of carbonyl (C=O) groups excluding carboxylic acids is 1. The number of rotatable bonds is 3. The van der Waals surface area contributed by atoms with Crippen molar-refractivity contribution in [3.8, 4) is 11.5 Å². The molecule has 0 saturated heterocycles. The van der Waals surface area contributed by atoms with Crippen LogP contribution in [0.15, 0.2) is 18.2 Å². The molecule has 1 aliphatic heterocycles. The van der Waals surface area contributed by atoms with Gasteiger partial charge in [-0.15, -0.1) is 0 Å². The molecule has 0 unspecified atom stereocenters. The van der Waals surface area contributed by atoms with Crippen LogP contribution in [0.4, 0.5) is 0 Å². The molecule has 6 nitrogen and oxygen atoms in total. The molecule has 6 heteroatoms. The van der Waals surface area contributed by atoms with E-state index in [4.69, 9.17) is 15.2 Å². The van der Waals surface area contributed by atoms with Gasteiger partial charge in [0.1, 0.15) is 0 Å². The molecule has 21 heavy (non-hydrogen) atoms. The quantitative estimate of drug-likeness (QED) is 0.755. The van der Waals surface area contributed by atoms with E-state index < -0.39 is 6.10 Å². The monoisotopic (exact) mass is 292 g/mol. The Hall–Kier alpha value is -1.79. The minimum atomic E-state index is -0.583. The number of carbonyl (C=O) groups is 1. The highest BCUT2D eigenvalue weighted by Gasteiger charge is 2.30. The Kier molecular flexibility index (Phi) is 3.98. The predicted octanol–water partition coefficient (Wildman–Crippen LogP) is 0.520. The van der Waals surface area contributed by atoms with Gasteiger partial charge in [0.2, 0.25) is 12.7 Å². The van der Waals surface area contributed by atoms with Gasteiger partial charge in [0.25, 0.3) is 0 Å². The fraction of sp³-hybridized carbons (Fsp3) is 0.533. The molecule has 3 atom stereocenters. The van der Waals surface area contributed by atoms with Gasteiger partial charge in [0.15, 0.2) is 11.5 Å². The molecule has 1 heterocycles. The zero-order valence-electron chi connectivity index (χ0n) is 11.7. The topological polar surface area (TPSA) is 93.8 Å². The Bertz CT molecular complexity index is 534. The number of aliphatic hydroxyl groups excluding tert-OH is 1. The lowest BCUT2D eigenvalue weighted by Crippen LogP contribution is -2.44. The summed E-state index contributed by atoms with van der Waals surface area (Å²) < 4.78 is 10.6. The minimum Gasteiger partial charge on any atom is -0.454 e. The van der Waals surface area contributed by atoms with Gasteiger partial charge in [-0.25, -0.2) is 0 Å². The summed E-state index contributed by atoms with van der Waals surface area (Å²) in [5.41, 5.74) is 6.71. The molecule has 1 amide bonds. The number of ether oxygens (including phenoxy) is 2. The second kappa shape index (κ2) is 5.91. The Morgan fingerprint density at radius 3 is 2.95 bits per heavy atom. The molecule has 1 aromatic rings. The van der Waals surface area contributed by atoms with Crippen molar-refractivity contribution in [2.75, 3.05) is 6.79 Å². The van der Waals surface area contributed by atoms with Crippen LogP contribution in [0.3, 0.4) is 0 Å². The normalized spacial score (nSPS) is 27.4. The second-order valence-corrected chi connectivity index (χ2v) is 5.65. The van der Waals surface area contributed by atoms with Crippen LogP contribution in [0.1, 0.15) is 24.8 Å². The van der Waals surface area contributed by atoms with Crippen molar-refractivity contribution in [1.82, 2.24) is 5.32 Å². The van der Waals surface area contributed by atoms with Crippen molar-refractivity contribution in [2.45, 2.75) is 38.0 Å². The first-order valence-corrected chi connectivity index (χ1v) is 7.23. The SMILES string of the molecule is N[C@@H]1CC[C@H](C(=O)NCc2ccc3c(c2)OCO3)C[C@H]1O. The molecular formula is C15H20N2O4. The highest BCUT2D eigenvalue weighted by Crippen LogP contribution is 2.32. The third kappa shape index (κ3) is 3.11. The summed E-state index contributed by atoms with van der Waals surface area (Å²) in [5, 5.41) is 12.7. The third-order valence-electron chi connectivity index (χ3n) is 4.14. The van der Waals surface area contributed by atoms with E-state index in [-0.39, 0.29) is 24.7 Å². The van der Waals surface area contributed by atoms with Crippen molar-refractivity contribution < 1.29 is 19.4 Å². The van der Waals surface area contributed by atoms with Crippen LogP contribution < -0.4 is 20.5 Å². The van der Waals surface area contributed by atoms with Crippen molar-refractivity contribution in [3.05, 3.63) is 23.8 Å². The molecule has 2 aliphatic rings. The number of amides is 1. The number of hydrogen-bond acceptors (Lipinski definition) is 5. The van der Waals surface area contributed by atoms with Crippen LogP contribution in [0.25, 0.3) is 0 Å². The molecule has 0 aromatic heterocycles. The summed E-state index contributed by atoms with van der Waals surface area (Å²) >= 11 is 0. The number of nitrogens with two attached hydrogens (primary N) is 1. The molecule has 1 aromatic carbocycles. The fourth-order valence-corrected chi connectivity index (χ4v) is 2.79. The minimum absolute atomic E-state index is 0.0291. The Balaban J connectivity index is 1.54. The zero-order valence-corrected chi connectivity index (χ0v) is 11.7. The highest BCUT2D eigenvalue weighted by atomic mass is 16.7. The fourth-order valence-electron chi connectivity index (χ4n) is 2.79. The van der Waals surface area contributed by atoms with Gasteiger partial charge in [-0.3, -0.25) is 4.79 Å². The predicted molar refractivity (Wildman–Crippen MR) is 75.7 cm³/mol. The first-order chi connectivity index (χ1) is 10.1. The van der Waals surface area contributed by atoms with Gasteiger partial charge < -0.3 is 25.6 Å². The van der Waals surface area contributed by atoms with E-state index in [0.29, 0.717) is 25.1 Å². The van der Waals surface area contributed by atoms with Crippen LogP contribution in [-0.4, -0.2) is 30.0 Å². The Morgan fingerprint density at radius 2 is 2.14 bits per heavy atom. The first-order valence-electron chi connectivity index (χ1n) is 7.23. The second-order valence-electron chi connectivity index (χ2n) is 5.65. The summed E-state index contributed by atoms with van der Waals surface area (Å²) in [4.78, 5) is 12.1. The molecular weight excluding hydrogens is 272 g/mol. The molecule has 0 spiro atoms. The van der Waals surface area contributed by atoms with E-state index in [1.165, 1.54) is 0 Å². The number of aliphatic hydroxyl groups is 1. The molecule has 1 saturated carbocycles. The summed E-state index contributed by atoms with van der Waals surface area (Å²) in [7, 11) is 0. The number of benzene rings is 1. The van der Waals surface area contributed by atoms with Crippen LogP contribution in [0.2, 0.25) is 0 Å². The van der Waals surface area contributed by atoms with Crippen LogP contribution in [-0.2, 0) is 11.3 Å². The maximum Gasteiger partial charge on any atom is 0.231 e. The molecule has 1 aliphatic carbocycles. The molecule has 1 fully saturated rings. The largest absolute Gasteiger partial charge is 0.454 e. The Morgan fingerprint density at radius 1 is 1.33 bits per heavy atom. The molecule has 0 radical (unpaired) electrons. The lowest BCUT2D eigenvalue weighted by Gasteiger charge is -2.29. The standard InChI is InChI=1S/C15H20N2O4/c16-11-3-2-10(6-12(11)18)15(19)17-7-9-1-4-13-14(5-9)21-8-20-13/h1,4-5,10-12,18H,2-3,6-8,16H2,(H,17,19)/t10-,11+,12+/m0/s1. The van der Waals surface area contributed by atoms with Crippen LogP contribution >= 0.6 is 0 Å². The van der Waals surface area contributed by atoms with Gasteiger partial charge in [-0.2, -0.15) is 0 Å². The first kappa shape index (κ1) is 14.2. The van der Waals surface area contributed by atoms with E-state index in [1.807, 2.05) is 18.2 Å². The number of nitrogens with one attached hydrogen (secondary N) is 1. The molecule has 4 N–H and O–H groups in total. The number of fused-ring (bicyclic) bond motifs is 1. The van der Waals surface area contributed by atoms with E-state index in [2.05, 4.69) is 5.32 Å². The van der Waals surface area contributed by atoms with E-state index in [9.17, 15) is 9.90 Å². The van der Waals surface area contributed by atoms with Crippen molar-refractivity contribution in [3.63, 3.8) is 0 Å². The lowest BCUT2D eigenvalue weighted by molar-refractivity contribution is -0.127. The summed E-state index contributed by atoms with van der Waals surface area (Å²) in [6, 6.07) is 5.41. The maximum atomic E-state index is 12.1. The zero-order chi connectivity index (χ0) is 14.8. The van der Waals surface area contributed by atoms with Crippen molar-refractivity contribution in [1.29, 1.82) is 0 Å². The summed E-state index contributed by atoms with van der Waals surface area (Å²) in [6.45, 7) is 0.680. The number of hydrogen-bond donors (Lipinski definition) is 3. The maximum absolute atomic E-state index is 12.1. The van der Waals surface area contributed by atoms with Gasteiger partial charge in [-0.1, -0.05) is 6.07 Å². The van der Waals surface area contributed by atoms with Gasteiger partial charge in [0.05, 0.1) is 6.10 Å². The van der Waals surface area contributed by atoms with Crippen LogP contribution in [0, 0.1) is 5.92 Å². The lowest BCUT2D eigenvalue weighted by atomic mass is 9.84. The van der Waals surface area contributed by atoms with Crippen molar-refractivity contribution >= 4 is 5.91 Å². The van der Waals surface area contributed by atoms with Crippen molar-refractivity contribution in [2.24, 2.45) is 11.7 Å². The smallest absolute Gasteiger partial charge is 0.231 e. The van der Waals surface area contributed by atoms with E-state index in [1.54, 1.807) is 0 Å². The average molecular weight is 292 g/mol. The van der Waals surface area contributed by atoms with Gasteiger partial charge in [0, 0.05) is 18.5 Å². The Labute approximate surface area is 123 Å². The summed E-state index contributed by atoms with van der Waals surface area (Å²) in [6.07, 6.45) is 1.27. The van der Waals surface area contributed by atoms with Gasteiger partial charge in [-0.05, 0) is 37.0 Å². The van der Waals surface area contributed by atoms with E-state index in [0.717, 1.165) is 17.7 Å². The third-order valence-corrected chi connectivity index (χ3v) is 4.14. The molecule has 0 bridgehead atoms. The van der Waals surface area contributed by atoms with Crippen LogP contribution in [0.5, 0.6) is 11.5 Å². The highest BCUT2D eigenvalue weighted by molar-refractivity contribution is 5.78. The summed E-state index contributed by atoms with van der Waals surface area (Å²) in [5.74, 6) is 1.25. The average Bonchev–Trinajstić information content (AvgIpc) is 2.95. The molecule has 114 valence electrons. The molecule has 3 rings (SSSR count). The van der Waals surface area contributed by atoms with E-state index >= 15 is 0 Å².